The van der Waals surface area contributed by atoms with E-state index in [-0.39, 0.29) is 24.7 Å². The fourth-order valence-electron chi connectivity index (χ4n) is 4.16. The van der Waals surface area contributed by atoms with Crippen molar-refractivity contribution in [3.63, 3.8) is 0 Å². The summed E-state index contributed by atoms with van der Waals surface area (Å²) in [5, 5.41) is 12.2. The summed E-state index contributed by atoms with van der Waals surface area (Å²) in [5.41, 5.74) is 5.81. The van der Waals surface area contributed by atoms with Gasteiger partial charge in [-0.05, 0) is 34.2 Å². The Hall–Kier alpha value is -3.40. The molecule has 2 N–H and O–H groups in total. The maximum absolute atomic E-state index is 12.6. The Morgan fingerprint density at radius 2 is 1.38 bits per heavy atom. The Morgan fingerprint density at radius 3 is 1.97 bits per heavy atom. The molecule has 1 atom stereocenters. The zero-order valence-electron chi connectivity index (χ0n) is 16.0. The number of hydrogen-bond donors (Lipinski definition) is 2. The van der Waals surface area contributed by atoms with Crippen LogP contribution in [0.3, 0.4) is 0 Å². The summed E-state index contributed by atoms with van der Waals surface area (Å²) in [6.07, 6.45) is 1.21. The highest BCUT2D eigenvalue weighted by atomic mass is 16.4. The fraction of sp³-hybridized carbons (Fsp3) is 0.200. The van der Waals surface area contributed by atoms with E-state index in [1.165, 1.54) is 22.3 Å². The highest BCUT2D eigenvalue weighted by molar-refractivity contribution is 5.84. The van der Waals surface area contributed by atoms with Crippen LogP contribution in [0.2, 0.25) is 0 Å². The van der Waals surface area contributed by atoms with Gasteiger partial charge in [-0.2, -0.15) is 0 Å². The summed E-state index contributed by atoms with van der Waals surface area (Å²) in [7, 11) is 0. The molecule has 146 valence electrons. The topological polar surface area (TPSA) is 66.4 Å². The lowest BCUT2D eigenvalue weighted by Crippen LogP contribution is -2.42. The van der Waals surface area contributed by atoms with Gasteiger partial charge in [0.05, 0.1) is 0 Å². The summed E-state index contributed by atoms with van der Waals surface area (Å²) in [6, 6.07) is 25.0. The molecule has 29 heavy (non-hydrogen) atoms. The predicted molar refractivity (Wildman–Crippen MR) is 113 cm³/mol. The molecule has 3 aromatic rings. The van der Waals surface area contributed by atoms with Crippen molar-refractivity contribution in [1.29, 1.82) is 0 Å². The minimum Gasteiger partial charge on any atom is -0.480 e. The second kappa shape index (κ2) is 8.31. The van der Waals surface area contributed by atoms with Crippen molar-refractivity contribution in [2.45, 2.75) is 31.2 Å². The Balaban J connectivity index is 1.43. The third kappa shape index (κ3) is 4.06. The molecule has 1 amide bonds. The van der Waals surface area contributed by atoms with E-state index in [0.29, 0.717) is 6.42 Å². The van der Waals surface area contributed by atoms with Crippen molar-refractivity contribution >= 4 is 11.9 Å². The smallest absolute Gasteiger partial charge is 0.326 e. The summed E-state index contributed by atoms with van der Waals surface area (Å²) in [6.45, 7) is 0. The van der Waals surface area contributed by atoms with Gasteiger partial charge < -0.3 is 10.4 Å². The summed E-state index contributed by atoms with van der Waals surface area (Å²) in [4.78, 5) is 24.2. The van der Waals surface area contributed by atoms with Crippen molar-refractivity contribution in [1.82, 2.24) is 5.32 Å². The fourth-order valence-corrected chi connectivity index (χ4v) is 4.16. The van der Waals surface area contributed by atoms with Gasteiger partial charge in [0.15, 0.2) is 0 Å². The molecule has 1 aliphatic rings. The van der Waals surface area contributed by atoms with Crippen molar-refractivity contribution in [3.8, 4) is 11.1 Å². The van der Waals surface area contributed by atoms with Gasteiger partial charge in [0, 0.05) is 18.8 Å². The van der Waals surface area contributed by atoms with E-state index in [1.54, 1.807) is 0 Å². The molecule has 0 aromatic heterocycles. The maximum atomic E-state index is 12.6. The first kappa shape index (κ1) is 18.9. The van der Waals surface area contributed by atoms with E-state index in [9.17, 15) is 14.7 Å². The number of nitrogens with one attached hydrogen (secondary N) is 1. The second-order valence-electron chi connectivity index (χ2n) is 7.41. The Morgan fingerprint density at radius 1 is 0.828 bits per heavy atom. The van der Waals surface area contributed by atoms with Gasteiger partial charge in [0.2, 0.25) is 5.91 Å². The van der Waals surface area contributed by atoms with E-state index in [1.807, 2.05) is 54.6 Å². The summed E-state index contributed by atoms with van der Waals surface area (Å²) < 4.78 is 0. The lowest BCUT2D eigenvalue weighted by Gasteiger charge is -2.17. The van der Waals surface area contributed by atoms with E-state index in [0.717, 1.165) is 5.56 Å². The van der Waals surface area contributed by atoms with Crippen LogP contribution in [0.25, 0.3) is 11.1 Å². The molecule has 0 bridgehead atoms. The third-order valence-electron chi connectivity index (χ3n) is 5.54. The molecular weight excluding hydrogens is 362 g/mol. The lowest BCUT2D eigenvalue weighted by molar-refractivity contribution is -0.141. The minimum absolute atomic E-state index is 0.158. The van der Waals surface area contributed by atoms with Crippen LogP contribution in [0.15, 0.2) is 78.9 Å². The van der Waals surface area contributed by atoms with E-state index in [2.05, 4.69) is 29.6 Å². The zero-order chi connectivity index (χ0) is 20.2. The van der Waals surface area contributed by atoms with Crippen LogP contribution in [-0.2, 0) is 16.0 Å². The standard InChI is InChI=1S/C25H23NO3/c27-24(26-23(25(28)29)16-17-8-2-1-3-9-17)15-14-22-20-12-6-4-10-18(20)19-11-5-7-13-21(19)22/h1-13,22-23H,14-16H2,(H,26,27)(H,28,29). The zero-order valence-corrected chi connectivity index (χ0v) is 16.0. The van der Waals surface area contributed by atoms with Crippen molar-refractivity contribution in [2.75, 3.05) is 0 Å². The molecule has 0 heterocycles. The molecule has 0 aliphatic heterocycles. The van der Waals surface area contributed by atoms with Crippen molar-refractivity contribution in [2.24, 2.45) is 0 Å². The number of benzene rings is 3. The van der Waals surface area contributed by atoms with Crippen LogP contribution in [-0.4, -0.2) is 23.0 Å². The van der Waals surface area contributed by atoms with Gasteiger partial charge in [-0.1, -0.05) is 78.9 Å². The number of carbonyl (C=O) groups excluding carboxylic acids is 1. The Bertz CT molecular complexity index is 984. The number of rotatable bonds is 7. The highest BCUT2D eigenvalue weighted by Gasteiger charge is 2.28. The predicted octanol–water partition coefficient (Wildman–Crippen LogP) is 4.39. The first-order valence-electron chi connectivity index (χ1n) is 9.88. The molecule has 4 nitrogen and oxygen atoms in total. The molecule has 0 fully saturated rings. The quantitative estimate of drug-likeness (QED) is 0.634. The second-order valence-corrected chi connectivity index (χ2v) is 7.41. The monoisotopic (exact) mass is 385 g/mol. The summed E-state index contributed by atoms with van der Waals surface area (Å²) in [5.74, 6) is -1.08. The number of hydrogen-bond acceptors (Lipinski definition) is 2. The number of carbonyl (C=O) groups is 2. The minimum atomic E-state index is -1.02. The van der Waals surface area contributed by atoms with Crippen LogP contribution < -0.4 is 5.32 Å². The van der Waals surface area contributed by atoms with Gasteiger partial charge in [-0.3, -0.25) is 4.79 Å². The maximum Gasteiger partial charge on any atom is 0.326 e. The number of carboxylic acids is 1. The molecule has 0 spiro atoms. The van der Waals surface area contributed by atoms with Gasteiger partial charge >= 0.3 is 5.97 Å². The Kier molecular flexibility index (Phi) is 5.43. The third-order valence-corrected chi connectivity index (χ3v) is 5.54. The van der Waals surface area contributed by atoms with Crippen molar-refractivity contribution in [3.05, 3.63) is 95.6 Å². The molecule has 4 rings (SSSR count). The number of amides is 1. The average molecular weight is 385 g/mol. The first-order valence-corrected chi connectivity index (χ1v) is 9.88. The SMILES string of the molecule is O=C(CCC1c2ccccc2-c2ccccc21)NC(Cc1ccccc1)C(=O)O. The first-order chi connectivity index (χ1) is 14.1. The Labute approximate surface area is 170 Å². The van der Waals surface area contributed by atoms with E-state index < -0.39 is 12.0 Å². The number of fused-ring (bicyclic) bond motifs is 3. The van der Waals surface area contributed by atoms with Gasteiger partial charge in [0.1, 0.15) is 6.04 Å². The van der Waals surface area contributed by atoms with E-state index in [4.69, 9.17) is 0 Å². The normalized spacial score (nSPS) is 13.4. The number of aliphatic carboxylic acids is 1. The summed E-state index contributed by atoms with van der Waals surface area (Å²) >= 11 is 0. The molecule has 4 heteroatoms. The van der Waals surface area contributed by atoms with E-state index >= 15 is 0 Å². The van der Waals surface area contributed by atoms with Crippen LogP contribution in [0.5, 0.6) is 0 Å². The molecule has 0 radical (unpaired) electrons. The van der Waals surface area contributed by atoms with Gasteiger partial charge in [0.25, 0.3) is 0 Å². The molecule has 0 saturated carbocycles. The molecule has 0 saturated heterocycles. The van der Waals surface area contributed by atoms with Crippen LogP contribution in [0.4, 0.5) is 0 Å². The number of carboxylic acid groups (broad SMARTS) is 1. The van der Waals surface area contributed by atoms with Gasteiger partial charge in [-0.25, -0.2) is 4.79 Å². The van der Waals surface area contributed by atoms with Crippen LogP contribution >= 0.6 is 0 Å². The van der Waals surface area contributed by atoms with Crippen LogP contribution in [0.1, 0.15) is 35.4 Å². The molecule has 3 aromatic carbocycles. The molecule has 1 unspecified atom stereocenters. The van der Waals surface area contributed by atoms with Crippen LogP contribution in [0, 0.1) is 0 Å². The molecular formula is C25H23NO3. The largest absolute Gasteiger partial charge is 0.480 e. The molecule has 1 aliphatic carbocycles. The lowest BCUT2D eigenvalue weighted by atomic mass is 9.92. The van der Waals surface area contributed by atoms with Gasteiger partial charge in [-0.15, -0.1) is 0 Å². The highest BCUT2D eigenvalue weighted by Crippen LogP contribution is 2.46. The van der Waals surface area contributed by atoms with Crippen molar-refractivity contribution < 1.29 is 14.7 Å². The average Bonchev–Trinajstić information content (AvgIpc) is 3.06.